The van der Waals surface area contributed by atoms with E-state index in [0.29, 0.717) is 22.7 Å². The van der Waals surface area contributed by atoms with E-state index in [1.165, 1.54) is 0 Å². The molecule has 0 atom stereocenters. The first kappa shape index (κ1) is 16.0. The van der Waals surface area contributed by atoms with Gasteiger partial charge >= 0.3 is 0 Å². The summed E-state index contributed by atoms with van der Waals surface area (Å²) in [5, 5.41) is 0. The maximum atomic E-state index is 12.5. The summed E-state index contributed by atoms with van der Waals surface area (Å²) in [6.07, 6.45) is 6.07. The van der Waals surface area contributed by atoms with Crippen LogP contribution in [0.3, 0.4) is 0 Å². The number of rotatable bonds is 3. The Balaban J connectivity index is 1.87. The second kappa shape index (κ2) is 6.11. The van der Waals surface area contributed by atoms with Gasteiger partial charge in [0.15, 0.2) is 11.5 Å². The molecule has 3 aromatic heterocycles. The Morgan fingerprint density at radius 3 is 2.76 bits per heavy atom. The van der Waals surface area contributed by atoms with Crippen LogP contribution >= 0.6 is 0 Å². The van der Waals surface area contributed by atoms with Crippen LogP contribution in [-0.4, -0.2) is 62.5 Å². The first-order valence-electron chi connectivity index (χ1n) is 8.74. The van der Waals surface area contributed by atoms with Gasteiger partial charge < -0.3 is 14.8 Å². The third-order valence-corrected chi connectivity index (χ3v) is 5.21. The fourth-order valence-corrected chi connectivity index (χ4v) is 3.68. The average molecular weight is 341 g/mol. The summed E-state index contributed by atoms with van der Waals surface area (Å²) in [6, 6.07) is 0.405. The van der Waals surface area contributed by atoms with E-state index < -0.39 is 0 Å². The highest BCUT2D eigenvalue weighted by molar-refractivity contribution is 5.85. The Bertz CT molecular complexity index is 968. The summed E-state index contributed by atoms with van der Waals surface area (Å²) in [6.45, 7) is 4.16. The van der Waals surface area contributed by atoms with Gasteiger partial charge in [-0.25, -0.2) is 15.0 Å². The fourth-order valence-electron chi connectivity index (χ4n) is 3.68. The quantitative estimate of drug-likeness (QED) is 0.767. The molecule has 25 heavy (non-hydrogen) atoms. The number of hydrogen-bond donors (Lipinski definition) is 1. The molecule has 1 saturated heterocycles. The van der Waals surface area contributed by atoms with Crippen LogP contribution in [0.4, 0.5) is 5.82 Å². The van der Waals surface area contributed by atoms with Gasteiger partial charge in [0.1, 0.15) is 23.2 Å². The molecule has 0 aliphatic carbocycles. The van der Waals surface area contributed by atoms with E-state index in [1.54, 1.807) is 12.5 Å². The van der Waals surface area contributed by atoms with Gasteiger partial charge in [-0.1, -0.05) is 6.92 Å². The van der Waals surface area contributed by atoms with Gasteiger partial charge in [-0.2, -0.15) is 0 Å². The Hall–Kier alpha value is -2.48. The van der Waals surface area contributed by atoms with Gasteiger partial charge in [-0.3, -0.25) is 9.20 Å². The lowest BCUT2D eigenvalue weighted by atomic mass is 10.0. The normalized spacial score (nSPS) is 16.8. The molecule has 4 heterocycles. The smallest absolute Gasteiger partial charge is 0.274 e. The van der Waals surface area contributed by atoms with Crippen LogP contribution in [0, 0.1) is 0 Å². The van der Waals surface area contributed by atoms with E-state index in [9.17, 15) is 4.79 Å². The Morgan fingerprint density at radius 2 is 2.04 bits per heavy atom. The number of hydrogen-bond acceptors (Lipinski definition) is 6. The Kier molecular flexibility index (Phi) is 3.91. The van der Waals surface area contributed by atoms with E-state index in [2.05, 4.69) is 43.8 Å². The molecule has 1 aliphatic heterocycles. The molecule has 132 valence electrons. The number of aromatic amines is 1. The molecule has 4 rings (SSSR count). The summed E-state index contributed by atoms with van der Waals surface area (Å²) in [4.78, 5) is 33.3. The number of nitrogens with zero attached hydrogens (tertiary/aromatic N) is 6. The van der Waals surface area contributed by atoms with Gasteiger partial charge in [0.05, 0.1) is 6.20 Å². The summed E-state index contributed by atoms with van der Waals surface area (Å²) < 4.78 is 1.85. The summed E-state index contributed by atoms with van der Waals surface area (Å²) >= 11 is 0. The zero-order chi connectivity index (χ0) is 17.6. The number of anilines is 1. The minimum atomic E-state index is -0.160. The molecule has 1 N–H and O–H groups in total. The van der Waals surface area contributed by atoms with Crippen LogP contribution in [0.2, 0.25) is 0 Å². The van der Waals surface area contributed by atoms with Crippen molar-refractivity contribution in [1.82, 2.24) is 29.2 Å². The predicted octanol–water partition coefficient (Wildman–Crippen LogP) is 1.06. The van der Waals surface area contributed by atoms with E-state index in [-0.39, 0.29) is 5.56 Å². The zero-order valence-electron chi connectivity index (χ0n) is 14.9. The number of H-pyrrole nitrogens is 1. The van der Waals surface area contributed by atoms with E-state index >= 15 is 0 Å². The molecule has 0 bridgehead atoms. The van der Waals surface area contributed by atoms with Crippen molar-refractivity contribution < 1.29 is 0 Å². The largest absolute Gasteiger partial charge is 0.355 e. The molecule has 0 saturated carbocycles. The summed E-state index contributed by atoms with van der Waals surface area (Å²) in [7, 11) is 4.20. The first-order valence-corrected chi connectivity index (χ1v) is 8.74. The Labute approximate surface area is 145 Å². The molecular weight excluding hydrogens is 318 g/mol. The molecule has 1 fully saturated rings. The van der Waals surface area contributed by atoms with Gasteiger partial charge in [-0.15, -0.1) is 0 Å². The lowest BCUT2D eigenvalue weighted by molar-refractivity contribution is 0.252. The fraction of sp³-hybridized carbons (Fsp3) is 0.529. The number of nitrogens with one attached hydrogen (secondary N) is 1. The van der Waals surface area contributed by atoms with Crippen molar-refractivity contribution in [3.05, 3.63) is 28.7 Å². The zero-order valence-corrected chi connectivity index (χ0v) is 14.9. The SMILES string of the molecule is CCc1ncc2c(=O)[nH]c3c(N(C)C4CCN(C)CC4)ncnc3n12. The number of piperidine rings is 1. The highest BCUT2D eigenvalue weighted by Gasteiger charge is 2.24. The molecule has 0 amide bonds. The van der Waals surface area contributed by atoms with Gasteiger partial charge in [0.2, 0.25) is 0 Å². The molecule has 0 unspecified atom stereocenters. The summed E-state index contributed by atoms with van der Waals surface area (Å²) in [5.74, 6) is 1.60. The summed E-state index contributed by atoms with van der Waals surface area (Å²) in [5.41, 5.74) is 1.74. The Morgan fingerprint density at radius 1 is 1.28 bits per heavy atom. The van der Waals surface area contributed by atoms with Gasteiger partial charge in [0, 0.05) is 19.5 Å². The number of aryl methyl sites for hydroxylation is 1. The topological polar surface area (TPSA) is 82.4 Å². The lowest BCUT2D eigenvalue weighted by Crippen LogP contribution is -2.42. The van der Waals surface area contributed by atoms with Crippen LogP contribution in [0.1, 0.15) is 25.6 Å². The van der Waals surface area contributed by atoms with E-state index in [1.807, 2.05) is 11.3 Å². The van der Waals surface area contributed by atoms with Gasteiger partial charge in [0.25, 0.3) is 5.56 Å². The minimum absolute atomic E-state index is 0.160. The van der Waals surface area contributed by atoms with Crippen LogP contribution in [0.25, 0.3) is 16.7 Å². The molecule has 0 spiro atoms. The van der Waals surface area contributed by atoms with Crippen molar-refractivity contribution >= 4 is 22.5 Å². The van der Waals surface area contributed by atoms with Crippen molar-refractivity contribution in [2.45, 2.75) is 32.2 Å². The molecule has 3 aromatic rings. The highest BCUT2D eigenvalue weighted by atomic mass is 16.1. The van der Waals surface area contributed by atoms with Gasteiger partial charge in [-0.05, 0) is 33.0 Å². The molecule has 0 radical (unpaired) electrons. The molecular formula is C17H23N7O. The van der Waals surface area contributed by atoms with Crippen LogP contribution in [-0.2, 0) is 6.42 Å². The monoisotopic (exact) mass is 341 g/mol. The number of imidazole rings is 1. The van der Waals surface area contributed by atoms with Crippen molar-refractivity contribution in [2.75, 3.05) is 32.1 Å². The minimum Gasteiger partial charge on any atom is -0.355 e. The molecule has 8 heteroatoms. The van der Waals surface area contributed by atoms with Crippen molar-refractivity contribution in [1.29, 1.82) is 0 Å². The predicted molar refractivity (Wildman–Crippen MR) is 97.2 cm³/mol. The van der Waals surface area contributed by atoms with Crippen LogP contribution in [0.15, 0.2) is 17.3 Å². The number of likely N-dealkylation sites (tertiary alicyclic amines) is 1. The first-order chi connectivity index (χ1) is 12.1. The van der Waals surface area contributed by atoms with Crippen molar-refractivity contribution in [2.24, 2.45) is 0 Å². The maximum Gasteiger partial charge on any atom is 0.274 e. The standard InChI is InChI=1S/C17H23N7O/c1-4-13-18-9-12-17(25)21-14-15(19-10-20-16(14)24(12)13)23(3)11-5-7-22(2)8-6-11/h9-11H,4-8H2,1-3H3,(H,21,25). The molecule has 1 aliphatic rings. The average Bonchev–Trinajstić information content (AvgIpc) is 3.06. The van der Waals surface area contributed by atoms with E-state index in [4.69, 9.17) is 0 Å². The van der Waals surface area contributed by atoms with E-state index in [0.717, 1.165) is 44.0 Å². The second-order valence-corrected chi connectivity index (χ2v) is 6.74. The lowest BCUT2D eigenvalue weighted by Gasteiger charge is -2.35. The van der Waals surface area contributed by atoms with Crippen molar-refractivity contribution in [3.63, 3.8) is 0 Å². The number of aromatic nitrogens is 5. The molecule has 8 nitrogen and oxygen atoms in total. The maximum absolute atomic E-state index is 12.5. The highest BCUT2D eigenvalue weighted by Crippen LogP contribution is 2.25. The molecule has 0 aromatic carbocycles. The second-order valence-electron chi connectivity index (χ2n) is 6.74. The number of fused-ring (bicyclic) bond motifs is 3. The third kappa shape index (κ3) is 2.57. The van der Waals surface area contributed by atoms with Crippen LogP contribution < -0.4 is 10.5 Å². The van der Waals surface area contributed by atoms with Crippen molar-refractivity contribution in [3.8, 4) is 0 Å². The van der Waals surface area contributed by atoms with Crippen LogP contribution in [0.5, 0.6) is 0 Å². The third-order valence-electron chi connectivity index (χ3n) is 5.21.